The highest BCUT2D eigenvalue weighted by molar-refractivity contribution is 7.92. The molecule has 1 unspecified atom stereocenters. The van der Waals surface area contributed by atoms with Crippen LogP contribution in [-0.4, -0.2) is 25.2 Å². The number of carbonyl (C=O) groups excluding carboxylic acids is 1. The van der Waals surface area contributed by atoms with Gasteiger partial charge in [-0.25, -0.2) is 8.42 Å². The zero-order valence-electron chi connectivity index (χ0n) is 10.2. The van der Waals surface area contributed by atoms with Gasteiger partial charge in [-0.3, -0.25) is 4.79 Å². The maximum Gasteiger partial charge on any atom is 0.160 e. The predicted octanol–water partition coefficient (Wildman–Crippen LogP) is 3.07. The molecule has 1 aliphatic heterocycles. The van der Waals surface area contributed by atoms with Crippen molar-refractivity contribution in [2.24, 2.45) is 0 Å². The van der Waals surface area contributed by atoms with Gasteiger partial charge in [-0.2, -0.15) is 0 Å². The third-order valence-electron chi connectivity index (χ3n) is 3.33. The van der Waals surface area contributed by atoms with Gasteiger partial charge in [-0.1, -0.05) is 41.8 Å². The molecule has 19 heavy (non-hydrogen) atoms. The van der Waals surface area contributed by atoms with Crippen molar-refractivity contribution in [3.05, 3.63) is 33.8 Å². The van der Waals surface area contributed by atoms with Crippen molar-refractivity contribution >= 4 is 38.8 Å². The van der Waals surface area contributed by atoms with E-state index in [1.807, 2.05) is 0 Å². The highest BCUT2D eigenvalue weighted by atomic mass is 35.5. The van der Waals surface area contributed by atoms with Crippen molar-refractivity contribution in [1.82, 2.24) is 0 Å². The number of benzene rings is 1. The quantitative estimate of drug-likeness (QED) is 0.860. The van der Waals surface area contributed by atoms with Gasteiger partial charge in [-0.05, 0) is 24.5 Å². The first-order valence-electron chi connectivity index (χ1n) is 6.09. The standard InChI is InChI=1S/C13H14Cl2O3S/c14-10-5-3-4-9(13(10)15)8-11(16)12-6-1-2-7-19(12,17)18/h3-5,12H,1-2,6-8H2. The number of Topliss-reactive ketones (excluding diaryl/α,β-unsaturated/α-hetero) is 1. The van der Waals surface area contributed by atoms with Crippen LogP contribution in [0, 0.1) is 0 Å². The van der Waals surface area contributed by atoms with Gasteiger partial charge in [0, 0.05) is 6.42 Å². The molecule has 0 amide bonds. The van der Waals surface area contributed by atoms with Gasteiger partial charge < -0.3 is 0 Å². The molecule has 6 heteroatoms. The van der Waals surface area contributed by atoms with Gasteiger partial charge in [0.05, 0.1) is 15.8 Å². The smallest absolute Gasteiger partial charge is 0.160 e. The summed E-state index contributed by atoms with van der Waals surface area (Å²) in [6.45, 7) is 0. The van der Waals surface area contributed by atoms with Crippen molar-refractivity contribution in [3.63, 3.8) is 0 Å². The monoisotopic (exact) mass is 320 g/mol. The summed E-state index contributed by atoms with van der Waals surface area (Å²) in [6, 6.07) is 5.03. The molecule has 2 rings (SSSR count). The normalized spacial score (nSPS) is 22.1. The minimum absolute atomic E-state index is 0.0172. The molecule has 0 spiro atoms. The molecule has 1 aliphatic rings. The number of hydrogen-bond acceptors (Lipinski definition) is 3. The van der Waals surface area contributed by atoms with Gasteiger partial charge in [0.1, 0.15) is 5.25 Å². The van der Waals surface area contributed by atoms with E-state index < -0.39 is 15.1 Å². The maximum atomic E-state index is 12.2. The lowest BCUT2D eigenvalue weighted by atomic mass is 10.0. The molecule has 0 bridgehead atoms. The number of ketones is 1. The number of sulfone groups is 1. The van der Waals surface area contributed by atoms with Crippen LogP contribution in [-0.2, 0) is 21.1 Å². The van der Waals surface area contributed by atoms with Crippen LogP contribution in [0.5, 0.6) is 0 Å². The molecule has 3 nitrogen and oxygen atoms in total. The average molecular weight is 321 g/mol. The molecule has 1 aromatic rings. The summed E-state index contributed by atoms with van der Waals surface area (Å²) in [6.07, 6.45) is 1.85. The molecule has 0 N–H and O–H groups in total. The fraction of sp³-hybridized carbons (Fsp3) is 0.462. The summed E-state index contributed by atoms with van der Waals surface area (Å²) in [4.78, 5) is 12.2. The summed E-state index contributed by atoms with van der Waals surface area (Å²) >= 11 is 11.9. The highest BCUT2D eigenvalue weighted by Crippen LogP contribution is 2.28. The van der Waals surface area contributed by atoms with Crippen LogP contribution in [0.2, 0.25) is 10.0 Å². The second-order valence-corrected chi connectivity index (χ2v) is 7.80. The van der Waals surface area contributed by atoms with Crippen LogP contribution >= 0.6 is 23.2 Å². The lowest BCUT2D eigenvalue weighted by Gasteiger charge is -2.21. The lowest BCUT2D eigenvalue weighted by Crippen LogP contribution is -2.36. The van der Waals surface area contributed by atoms with E-state index in [2.05, 4.69) is 0 Å². The topological polar surface area (TPSA) is 51.2 Å². The van der Waals surface area contributed by atoms with E-state index in [-0.39, 0.29) is 18.0 Å². The van der Waals surface area contributed by atoms with E-state index >= 15 is 0 Å². The number of rotatable bonds is 3. The molecule has 1 fully saturated rings. The van der Waals surface area contributed by atoms with Crippen molar-refractivity contribution in [2.75, 3.05) is 5.75 Å². The van der Waals surface area contributed by atoms with Crippen LogP contribution in [0.25, 0.3) is 0 Å². The molecular weight excluding hydrogens is 307 g/mol. The Morgan fingerprint density at radius 2 is 2.00 bits per heavy atom. The first kappa shape index (κ1) is 14.8. The van der Waals surface area contributed by atoms with E-state index in [1.54, 1.807) is 18.2 Å². The summed E-state index contributed by atoms with van der Waals surface area (Å²) in [5.41, 5.74) is 0.583. The maximum absolute atomic E-state index is 12.2. The first-order chi connectivity index (χ1) is 8.92. The molecule has 104 valence electrons. The molecule has 0 aromatic heterocycles. The molecule has 1 aromatic carbocycles. The van der Waals surface area contributed by atoms with E-state index in [0.717, 1.165) is 6.42 Å². The number of halogens is 2. The van der Waals surface area contributed by atoms with Crippen molar-refractivity contribution in [2.45, 2.75) is 30.9 Å². The Morgan fingerprint density at radius 3 is 2.68 bits per heavy atom. The van der Waals surface area contributed by atoms with Crippen LogP contribution in [0.3, 0.4) is 0 Å². The molecule has 1 heterocycles. The lowest BCUT2D eigenvalue weighted by molar-refractivity contribution is -0.118. The van der Waals surface area contributed by atoms with Crippen molar-refractivity contribution < 1.29 is 13.2 Å². The Bertz CT molecular complexity index is 596. The second-order valence-electron chi connectivity index (χ2n) is 4.71. The summed E-state index contributed by atoms with van der Waals surface area (Å²) < 4.78 is 23.8. The van der Waals surface area contributed by atoms with Gasteiger partial charge >= 0.3 is 0 Å². The Labute approximate surface area is 122 Å². The molecule has 0 saturated carbocycles. The van der Waals surface area contributed by atoms with Crippen molar-refractivity contribution in [1.29, 1.82) is 0 Å². The van der Waals surface area contributed by atoms with Gasteiger partial charge in [-0.15, -0.1) is 0 Å². The predicted molar refractivity (Wildman–Crippen MR) is 76.6 cm³/mol. The SMILES string of the molecule is O=C(Cc1cccc(Cl)c1Cl)C1CCCCS1(=O)=O. The highest BCUT2D eigenvalue weighted by Gasteiger charge is 2.34. The molecule has 0 aliphatic carbocycles. The Kier molecular flexibility index (Phi) is 4.54. The third kappa shape index (κ3) is 3.30. The molecule has 1 saturated heterocycles. The van der Waals surface area contributed by atoms with Gasteiger partial charge in [0.2, 0.25) is 0 Å². The van der Waals surface area contributed by atoms with E-state index in [9.17, 15) is 13.2 Å². The average Bonchev–Trinajstić information content (AvgIpc) is 2.34. The van der Waals surface area contributed by atoms with Crippen molar-refractivity contribution in [3.8, 4) is 0 Å². The van der Waals surface area contributed by atoms with E-state index in [1.165, 1.54) is 0 Å². The zero-order chi connectivity index (χ0) is 14.0. The molecular formula is C13H14Cl2O3S. The summed E-state index contributed by atoms with van der Waals surface area (Å²) in [5, 5.41) is -0.180. The summed E-state index contributed by atoms with van der Waals surface area (Å²) in [7, 11) is -3.29. The van der Waals surface area contributed by atoms with Gasteiger partial charge in [0.25, 0.3) is 0 Å². The minimum atomic E-state index is -3.29. The number of carbonyl (C=O) groups is 1. The molecule has 0 radical (unpaired) electrons. The zero-order valence-corrected chi connectivity index (χ0v) is 12.6. The van der Waals surface area contributed by atoms with Crippen LogP contribution in [0.1, 0.15) is 24.8 Å². The van der Waals surface area contributed by atoms with Crippen LogP contribution < -0.4 is 0 Å². The van der Waals surface area contributed by atoms with E-state index in [4.69, 9.17) is 23.2 Å². The number of hydrogen-bond donors (Lipinski definition) is 0. The molecule has 1 atom stereocenters. The second kappa shape index (κ2) is 5.81. The Balaban J connectivity index is 2.19. The Hall–Kier alpha value is -0.580. The van der Waals surface area contributed by atoms with Crippen LogP contribution in [0.4, 0.5) is 0 Å². The van der Waals surface area contributed by atoms with Gasteiger partial charge in [0.15, 0.2) is 15.6 Å². The largest absolute Gasteiger partial charge is 0.298 e. The third-order valence-corrected chi connectivity index (χ3v) is 6.42. The fourth-order valence-corrected chi connectivity index (χ4v) is 4.59. The summed E-state index contributed by atoms with van der Waals surface area (Å²) in [5.74, 6) is -0.184. The van der Waals surface area contributed by atoms with Crippen LogP contribution in [0.15, 0.2) is 18.2 Å². The Morgan fingerprint density at radius 1 is 1.26 bits per heavy atom. The minimum Gasteiger partial charge on any atom is -0.298 e. The first-order valence-corrected chi connectivity index (χ1v) is 8.56. The van der Waals surface area contributed by atoms with E-state index in [0.29, 0.717) is 28.5 Å². The fourth-order valence-electron chi connectivity index (χ4n) is 2.30.